The number of carbonyl (C=O) groups is 7. The number of likely N-dealkylation sites (tertiary alicyclic amines) is 1. The van der Waals surface area contributed by atoms with E-state index in [0.29, 0.717) is 38.9 Å². The summed E-state index contributed by atoms with van der Waals surface area (Å²) in [4.78, 5) is 106. The summed E-state index contributed by atoms with van der Waals surface area (Å²) in [6, 6.07) is -3.92. The molecule has 3 saturated carbocycles. The lowest BCUT2D eigenvalue weighted by atomic mass is 9.82. The molecule has 0 unspecified atom stereocenters. The molecule has 7 N–H and O–H groups in total. The number of hydrogen-bond donors (Lipinski definition) is 6. The van der Waals surface area contributed by atoms with Gasteiger partial charge in [-0.3, -0.25) is 33.6 Å². The summed E-state index contributed by atoms with van der Waals surface area (Å²) in [5, 5.41) is 14.4. The third-order valence-electron chi connectivity index (χ3n) is 12.9. The summed E-state index contributed by atoms with van der Waals surface area (Å²) >= 11 is 0. The highest BCUT2D eigenvalue weighted by molar-refractivity contribution is 6.38. The van der Waals surface area contributed by atoms with Crippen molar-refractivity contribution in [3.8, 4) is 0 Å². The molecule has 4 aliphatic rings. The fourth-order valence-corrected chi connectivity index (χ4v) is 9.28. The largest absolute Gasteiger partial charge is 0.351 e. The zero-order valence-corrected chi connectivity index (χ0v) is 36.9. The quantitative estimate of drug-likeness (QED) is 0.0735. The van der Waals surface area contributed by atoms with Crippen LogP contribution in [-0.4, -0.2) is 106 Å². The van der Waals surface area contributed by atoms with Gasteiger partial charge < -0.3 is 37.2 Å². The molecular formula is C45H71N9O7. The number of unbranched alkanes of at least 4 members (excludes halogenated alkanes) is 5. The number of nitrogens with one attached hydrogen (secondary N) is 5. The van der Waals surface area contributed by atoms with Gasteiger partial charge in [0, 0.05) is 19.1 Å². The van der Waals surface area contributed by atoms with Gasteiger partial charge in [0.15, 0.2) is 0 Å². The van der Waals surface area contributed by atoms with E-state index in [9.17, 15) is 33.6 Å². The minimum absolute atomic E-state index is 0.00560. The predicted octanol–water partition coefficient (Wildman–Crippen LogP) is 3.48. The molecule has 6 atom stereocenters. The summed E-state index contributed by atoms with van der Waals surface area (Å²) in [6.07, 6.45) is 17.9. The van der Waals surface area contributed by atoms with E-state index >= 15 is 0 Å². The van der Waals surface area contributed by atoms with Crippen molar-refractivity contribution in [2.75, 3.05) is 19.6 Å². The number of hydrogen-bond acceptors (Lipinski definition) is 10. The lowest BCUT2D eigenvalue weighted by molar-refractivity contribution is -0.146. The smallest absolute Gasteiger partial charge is 0.289 e. The van der Waals surface area contributed by atoms with Crippen molar-refractivity contribution in [3.05, 3.63) is 23.8 Å². The first kappa shape index (κ1) is 47.6. The second-order valence-corrected chi connectivity index (χ2v) is 18.9. The maximum atomic E-state index is 14.8. The first-order valence-electron chi connectivity index (χ1n) is 23.1. The molecule has 2 heterocycles. The molecular weight excluding hydrogens is 779 g/mol. The Hall–Kier alpha value is -4.47. The van der Waals surface area contributed by atoms with Gasteiger partial charge in [0.25, 0.3) is 17.7 Å². The van der Waals surface area contributed by atoms with Crippen LogP contribution in [0, 0.1) is 23.2 Å². The Kier molecular flexibility index (Phi) is 17.6. The highest BCUT2D eigenvalue weighted by atomic mass is 16.2. The molecule has 1 aromatic rings. The van der Waals surface area contributed by atoms with Crippen LogP contribution in [0.2, 0.25) is 0 Å². The molecule has 16 nitrogen and oxygen atoms in total. The van der Waals surface area contributed by atoms with E-state index in [1.54, 1.807) is 4.90 Å². The molecule has 0 spiro atoms. The van der Waals surface area contributed by atoms with E-state index in [0.717, 1.165) is 89.9 Å². The van der Waals surface area contributed by atoms with Gasteiger partial charge in [0.05, 0.1) is 18.4 Å². The first-order chi connectivity index (χ1) is 29.2. The van der Waals surface area contributed by atoms with Crippen molar-refractivity contribution in [1.82, 2.24) is 41.5 Å². The molecule has 0 aromatic carbocycles. The van der Waals surface area contributed by atoms with Gasteiger partial charge in [-0.1, -0.05) is 85.5 Å². The Balaban J connectivity index is 1.26. The molecule has 1 aliphatic heterocycles. The van der Waals surface area contributed by atoms with Crippen LogP contribution >= 0.6 is 0 Å². The Morgan fingerprint density at radius 3 is 2.07 bits per heavy atom. The average Bonchev–Trinajstić information content (AvgIpc) is 3.81. The monoisotopic (exact) mass is 850 g/mol. The van der Waals surface area contributed by atoms with Crippen LogP contribution < -0.4 is 32.3 Å². The van der Waals surface area contributed by atoms with Crippen LogP contribution in [0.3, 0.4) is 0 Å². The predicted molar refractivity (Wildman–Crippen MR) is 230 cm³/mol. The van der Waals surface area contributed by atoms with Gasteiger partial charge in [-0.25, -0.2) is 9.97 Å². The van der Waals surface area contributed by atoms with Crippen LogP contribution in [0.1, 0.15) is 164 Å². The number of aromatic nitrogens is 2. The number of Topliss-reactive ketones (excluding diaryl/α,β-unsaturated/α-hetero) is 1. The molecule has 3 aliphatic carbocycles. The number of ketones is 1. The van der Waals surface area contributed by atoms with E-state index in [-0.39, 0.29) is 47.5 Å². The van der Waals surface area contributed by atoms with E-state index in [4.69, 9.17) is 5.73 Å². The topological polar surface area (TPSA) is 235 Å². The Bertz CT molecular complexity index is 1690. The Morgan fingerprint density at radius 2 is 1.44 bits per heavy atom. The maximum Gasteiger partial charge on any atom is 0.289 e. The average molecular weight is 850 g/mol. The van der Waals surface area contributed by atoms with Gasteiger partial charge in [-0.15, -0.1) is 0 Å². The van der Waals surface area contributed by atoms with Crippen LogP contribution in [-0.2, 0) is 24.0 Å². The van der Waals surface area contributed by atoms with Gasteiger partial charge in [-0.2, -0.15) is 0 Å². The van der Waals surface area contributed by atoms with Crippen molar-refractivity contribution >= 4 is 41.2 Å². The molecule has 4 fully saturated rings. The van der Waals surface area contributed by atoms with Crippen molar-refractivity contribution in [3.63, 3.8) is 0 Å². The van der Waals surface area contributed by atoms with Gasteiger partial charge in [0.1, 0.15) is 29.5 Å². The van der Waals surface area contributed by atoms with Crippen LogP contribution in [0.15, 0.2) is 12.4 Å². The summed E-state index contributed by atoms with van der Waals surface area (Å²) in [6.45, 7) is 8.97. The molecule has 0 radical (unpaired) electrons. The third-order valence-corrected chi connectivity index (χ3v) is 12.9. The van der Waals surface area contributed by atoms with Crippen molar-refractivity contribution in [2.24, 2.45) is 28.9 Å². The second-order valence-electron chi connectivity index (χ2n) is 18.9. The van der Waals surface area contributed by atoms with Crippen LogP contribution in [0.25, 0.3) is 0 Å². The normalized spacial score (nSPS) is 21.7. The molecule has 5 rings (SSSR count). The van der Waals surface area contributed by atoms with Gasteiger partial charge in [0.2, 0.25) is 23.5 Å². The minimum atomic E-state index is -1.05. The third kappa shape index (κ3) is 13.3. The summed E-state index contributed by atoms with van der Waals surface area (Å²) < 4.78 is 0. The van der Waals surface area contributed by atoms with Crippen molar-refractivity contribution in [1.29, 1.82) is 0 Å². The molecule has 1 saturated heterocycles. The van der Waals surface area contributed by atoms with E-state index in [1.807, 2.05) is 27.7 Å². The number of rotatable bonds is 22. The number of carbonyl (C=O) groups excluding carboxylic acids is 7. The first-order valence-corrected chi connectivity index (χ1v) is 23.1. The number of nitrogens with zero attached hydrogens (tertiary/aromatic N) is 3. The van der Waals surface area contributed by atoms with E-state index in [1.165, 1.54) is 12.4 Å². The van der Waals surface area contributed by atoms with E-state index in [2.05, 4.69) is 36.6 Å². The molecule has 338 valence electrons. The lowest BCUT2D eigenvalue weighted by Crippen LogP contribution is -2.62. The molecule has 6 amide bonds. The highest BCUT2D eigenvalue weighted by Gasteiger charge is 2.52. The fraction of sp³-hybridized carbons (Fsp3) is 0.756. The standard InChI is InChI=1S/C45H71N9O7/c1-5-16-32(37(55)43(60)50-30-21-22-30)51-42(59)36-31-20-15-19-29(31)27-54(36)44(61)38(45(2,3)4)53-41(58)35(28-17-11-10-12-18-28)52-40(57)34-26-48-33(25-49-34)39(56)47-24-14-9-7-6-8-13-23-46/h25-26,28-32,35-36,38H,5-24,27,46H2,1-4H3,(H,47,56)(H,50,60)(H,51,59)(H,52,57)(H,53,58)/t29-,31-,32-,35-,36-,38+/m0/s1. The number of amides is 6. The number of fused-ring (bicyclic) bond motifs is 1. The lowest BCUT2D eigenvalue weighted by Gasteiger charge is -2.38. The molecule has 0 bridgehead atoms. The molecule has 61 heavy (non-hydrogen) atoms. The van der Waals surface area contributed by atoms with Crippen molar-refractivity contribution in [2.45, 2.75) is 173 Å². The molecule has 1 aromatic heterocycles. The summed E-state index contributed by atoms with van der Waals surface area (Å²) in [5.41, 5.74) is 4.79. The van der Waals surface area contributed by atoms with Gasteiger partial charge >= 0.3 is 0 Å². The van der Waals surface area contributed by atoms with Crippen LogP contribution in [0.5, 0.6) is 0 Å². The highest BCUT2D eigenvalue weighted by Crippen LogP contribution is 2.43. The van der Waals surface area contributed by atoms with E-state index < -0.39 is 64.9 Å². The van der Waals surface area contributed by atoms with Crippen LogP contribution in [0.4, 0.5) is 0 Å². The summed E-state index contributed by atoms with van der Waals surface area (Å²) in [5.74, 6) is -3.99. The minimum Gasteiger partial charge on any atom is -0.351 e. The molecule has 16 heteroatoms. The van der Waals surface area contributed by atoms with Crippen molar-refractivity contribution < 1.29 is 33.6 Å². The van der Waals surface area contributed by atoms with Gasteiger partial charge in [-0.05, 0) is 87.5 Å². The zero-order valence-electron chi connectivity index (χ0n) is 36.9. The second kappa shape index (κ2) is 22.6. The maximum absolute atomic E-state index is 14.8. The summed E-state index contributed by atoms with van der Waals surface area (Å²) in [7, 11) is 0. The Labute approximate surface area is 361 Å². The SMILES string of the molecule is CCC[C@H](NC(=O)[C@@H]1[C@H]2CCC[C@H]2CN1C(=O)[C@@H](NC(=O)[C@@H](NC(=O)c1cnc(C(=O)NCCCCCCCCN)cn1)C1CCCCC1)C(C)(C)C)C(=O)C(=O)NC1CC1. The Morgan fingerprint density at radius 1 is 0.787 bits per heavy atom. The zero-order chi connectivity index (χ0) is 44.1. The number of nitrogens with two attached hydrogens (primary N) is 1. The fourth-order valence-electron chi connectivity index (χ4n) is 9.28.